The Kier molecular flexibility index (Phi) is 8.75. The van der Waals surface area contributed by atoms with Gasteiger partial charge in [0, 0.05) is 26.3 Å². The third-order valence-electron chi connectivity index (χ3n) is 5.72. The highest BCUT2D eigenvalue weighted by molar-refractivity contribution is 7.89. The molecule has 3 rings (SSSR count). The molecule has 1 amide bonds. The van der Waals surface area contributed by atoms with E-state index in [9.17, 15) is 21.6 Å². The number of hydrogen-bond donors (Lipinski definition) is 1. The molecule has 0 aliphatic carbocycles. The molecule has 11 heteroatoms. The molecule has 0 saturated heterocycles. The first-order chi connectivity index (χ1) is 17.4. The van der Waals surface area contributed by atoms with Crippen molar-refractivity contribution in [3.05, 3.63) is 83.4 Å². The quantitative estimate of drug-likeness (QED) is 0.418. The van der Waals surface area contributed by atoms with Crippen molar-refractivity contribution >= 4 is 31.6 Å². The Morgan fingerprint density at radius 3 is 2.19 bits per heavy atom. The summed E-state index contributed by atoms with van der Waals surface area (Å²) in [6.07, 6.45) is 0. The number of sulfonamides is 2. The molecule has 1 N–H and O–H groups in total. The lowest BCUT2D eigenvalue weighted by atomic mass is 10.2. The maximum absolute atomic E-state index is 13.8. The van der Waals surface area contributed by atoms with Crippen molar-refractivity contribution in [2.45, 2.75) is 30.2 Å². The van der Waals surface area contributed by atoms with Crippen LogP contribution in [0.4, 0.5) is 5.69 Å². The Morgan fingerprint density at radius 1 is 0.892 bits per heavy atom. The monoisotopic (exact) mass is 545 g/mol. The first-order valence-electron chi connectivity index (χ1n) is 11.4. The van der Waals surface area contributed by atoms with Crippen LogP contribution in [0, 0.1) is 13.8 Å². The minimum atomic E-state index is -4.16. The van der Waals surface area contributed by atoms with Crippen LogP contribution >= 0.6 is 0 Å². The standard InChI is InChI=1S/C26H31N3O6S2/c1-19-11-14-24(35-5)25(15-19)37(33,34)29(17-21-9-7-6-8-10-21)18-26(30)27-23-16-22(13-12-20(23)2)36(31,32)28(3)4/h6-16H,17-18H2,1-5H3,(H,27,30). The van der Waals surface area contributed by atoms with Gasteiger partial charge in [0.2, 0.25) is 26.0 Å². The average Bonchev–Trinajstić information content (AvgIpc) is 2.85. The summed E-state index contributed by atoms with van der Waals surface area (Å²) in [6, 6.07) is 18.1. The fourth-order valence-electron chi connectivity index (χ4n) is 3.59. The van der Waals surface area contributed by atoms with Crippen molar-refractivity contribution in [2.24, 2.45) is 0 Å². The van der Waals surface area contributed by atoms with Crippen LogP contribution < -0.4 is 10.1 Å². The van der Waals surface area contributed by atoms with E-state index in [2.05, 4.69) is 5.32 Å². The number of nitrogens with zero attached hydrogens (tertiary/aromatic N) is 2. The van der Waals surface area contributed by atoms with Crippen molar-refractivity contribution < 1.29 is 26.4 Å². The number of carbonyl (C=O) groups excluding carboxylic acids is 1. The van der Waals surface area contributed by atoms with Gasteiger partial charge in [0.25, 0.3) is 0 Å². The van der Waals surface area contributed by atoms with E-state index in [4.69, 9.17) is 4.74 Å². The summed E-state index contributed by atoms with van der Waals surface area (Å²) in [5, 5.41) is 2.68. The number of carbonyl (C=O) groups is 1. The van der Waals surface area contributed by atoms with Gasteiger partial charge in [-0.3, -0.25) is 4.79 Å². The van der Waals surface area contributed by atoms with Gasteiger partial charge in [-0.1, -0.05) is 42.5 Å². The number of nitrogens with one attached hydrogen (secondary N) is 1. The van der Waals surface area contributed by atoms with E-state index in [0.717, 1.165) is 14.2 Å². The van der Waals surface area contributed by atoms with Crippen LogP contribution in [-0.4, -0.2) is 59.1 Å². The van der Waals surface area contributed by atoms with Crippen molar-refractivity contribution in [3.63, 3.8) is 0 Å². The number of amides is 1. The van der Waals surface area contributed by atoms with E-state index in [1.807, 2.05) is 6.07 Å². The summed E-state index contributed by atoms with van der Waals surface area (Å²) < 4.78 is 60.1. The normalized spacial score (nSPS) is 12.1. The summed E-state index contributed by atoms with van der Waals surface area (Å²) >= 11 is 0. The molecule has 9 nitrogen and oxygen atoms in total. The molecule has 0 fully saturated rings. The maximum atomic E-state index is 13.8. The highest BCUT2D eigenvalue weighted by atomic mass is 32.2. The van der Waals surface area contributed by atoms with Crippen LogP contribution in [-0.2, 0) is 31.4 Å². The van der Waals surface area contributed by atoms with Crippen LogP contribution in [0.5, 0.6) is 5.75 Å². The molecule has 3 aromatic carbocycles. The molecular weight excluding hydrogens is 514 g/mol. The van der Waals surface area contributed by atoms with E-state index in [0.29, 0.717) is 11.1 Å². The summed E-state index contributed by atoms with van der Waals surface area (Å²) in [7, 11) is -3.67. The lowest BCUT2D eigenvalue weighted by Gasteiger charge is -2.23. The minimum Gasteiger partial charge on any atom is -0.495 e. The van der Waals surface area contributed by atoms with Gasteiger partial charge in [0.1, 0.15) is 10.6 Å². The van der Waals surface area contributed by atoms with Crippen molar-refractivity contribution in [1.82, 2.24) is 8.61 Å². The van der Waals surface area contributed by atoms with E-state index in [1.54, 1.807) is 56.3 Å². The van der Waals surface area contributed by atoms with Gasteiger partial charge in [0.05, 0.1) is 18.6 Å². The molecule has 198 valence electrons. The minimum absolute atomic E-state index is 0.0108. The maximum Gasteiger partial charge on any atom is 0.247 e. The van der Waals surface area contributed by atoms with Crippen molar-refractivity contribution in [1.29, 1.82) is 0 Å². The summed E-state index contributed by atoms with van der Waals surface area (Å²) in [4.78, 5) is 13.1. The second kappa shape index (κ2) is 11.4. The smallest absolute Gasteiger partial charge is 0.247 e. The summed E-state index contributed by atoms with van der Waals surface area (Å²) in [6.45, 7) is 2.93. The summed E-state index contributed by atoms with van der Waals surface area (Å²) in [5.74, 6) is -0.449. The fourth-order valence-corrected chi connectivity index (χ4v) is 6.15. The molecule has 0 saturated carbocycles. The lowest BCUT2D eigenvalue weighted by molar-refractivity contribution is -0.116. The SMILES string of the molecule is COc1ccc(C)cc1S(=O)(=O)N(CC(=O)Nc1cc(S(=O)(=O)N(C)C)ccc1C)Cc1ccccc1. The first kappa shape index (κ1) is 28.3. The van der Waals surface area contributed by atoms with Gasteiger partial charge in [-0.2, -0.15) is 4.31 Å². The second-order valence-corrected chi connectivity index (χ2v) is 12.8. The van der Waals surface area contributed by atoms with Gasteiger partial charge < -0.3 is 10.1 Å². The number of ether oxygens (including phenoxy) is 1. The zero-order valence-electron chi connectivity index (χ0n) is 21.4. The van der Waals surface area contributed by atoms with Crippen LogP contribution in [0.3, 0.4) is 0 Å². The van der Waals surface area contributed by atoms with E-state index in [-0.39, 0.29) is 27.8 Å². The Hall–Kier alpha value is -3.25. The van der Waals surface area contributed by atoms with Crippen molar-refractivity contribution in [2.75, 3.05) is 33.1 Å². The molecule has 0 unspecified atom stereocenters. The Balaban J connectivity index is 1.97. The van der Waals surface area contributed by atoms with Gasteiger partial charge in [-0.25, -0.2) is 21.1 Å². The zero-order valence-corrected chi connectivity index (χ0v) is 23.1. The van der Waals surface area contributed by atoms with Crippen LogP contribution in [0.1, 0.15) is 16.7 Å². The molecule has 0 bridgehead atoms. The topological polar surface area (TPSA) is 113 Å². The highest BCUT2D eigenvalue weighted by Crippen LogP contribution is 2.29. The number of methoxy groups -OCH3 is 1. The molecule has 3 aromatic rings. The Bertz CT molecular complexity index is 1490. The third-order valence-corrected chi connectivity index (χ3v) is 9.34. The molecule has 0 heterocycles. The molecule has 0 atom stereocenters. The molecule has 0 radical (unpaired) electrons. The molecule has 0 aliphatic rings. The molecule has 37 heavy (non-hydrogen) atoms. The van der Waals surface area contributed by atoms with Gasteiger partial charge in [-0.05, 0) is 54.8 Å². The third kappa shape index (κ3) is 6.55. The zero-order chi connectivity index (χ0) is 27.4. The van der Waals surface area contributed by atoms with E-state index < -0.39 is 32.5 Å². The van der Waals surface area contributed by atoms with Crippen LogP contribution in [0.25, 0.3) is 0 Å². The molecule has 0 aromatic heterocycles. The van der Waals surface area contributed by atoms with E-state index in [1.165, 1.54) is 39.4 Å². The summed E-state index contributed by atoms with van der Waals surface area (Å²) in [5.41, 5.74) is 2.32. The molecule has 0 spiro atoms. The number of benzene rings is 3. The Morgan fingerprint density at radius 2 is 1.57 bits per heavy atom. The van der Waals surface area contributed by atoms with Crippen LogP contribution in [0.15, 0.2) is 76.5 Å². The van der Waals surface area contributed by atoms with Crippen molar-refractivity contribution in [3.8, 4) is 5.75 Å². The number of aryl methyl sites for hydroxylation is 2. The average molecular weight is 546 g/mol. The lowest BCUT2D eigenvalue weighted by Crippen LogP contribution is -2.38. The van der Waals surface area contributed by atoms with Gasteiger partial charge in [-0.15, -0.1) is 0 Å². The number of hydrogen-bond acceptors (Lipinski definition) is 6. The largest absolute Gasteiger partial charge is 0.495 e. The highest BCUT2D eigenvalue weighted by Gasteiger charge is 2.30. The number of anilines is 1. The van der Waals surface area contributed by atoms with E-state index >= 15 is 0 Å². The predicted molar refractivity (Wildman–Crippen MR) is 142 cm³/mol. The van der Waals surface area contributed by atoms with Gasteiger partial charge in [0.15, 0.2) is 0 Å². The fraction of sp³-hybridized carbons (Fsp3) is 0.269. The molecule has 0 aliphatic heterocycles. The predicted octanol–water partition coefficient (Wildman–Crippen LogP) is 3.39. The first-order valence-corrected chi connectivity index (χ1v) is 14.3. The van der Waals surface area contributed by atoms with Crippen LogP contribution in [0.2, 0.25) is 0 Å². The second-order valence-electron chi connectivity index (χ2n) is 8.73. The van der Waals surface area contributed by atoms with Gasteiger partial charge >= 0.3 is 0 Å². The number of rotatable bonds is 10. The Labute approximate surface area is 218 Å². The molecular formula is C26H31N3O6S2.